The Kier molecular flexibility index (Phi) is 2.79. The summed E-state index contributed by atoms with van der Waals surface area (Å²) in [6.45, 7) is 2.16. The molecule has 0 aliphatic carbocycles. The fraction of sp³-hybridized carbons (Fsp3) is 0.273. The van der Waals surface area contributed by atoms with Crippen molar-refractivity contribution in [3.8, 4) is 5.75 Å². The van der Waals surface area contributed by atoms with Gasteiger partial charge in [-0.15, -0.1) is 11.3 Å². The Bertz CT molecular complexity index is 462. The third-order valence-corrected chi connectivity index (χ3v) is 3.84. The van der Waals surface area contributed by atoms with Crippen LogP contribution in [0.25, 0.3) is 10.1 Å². The van der Waals surface area contributed by atoms with E-state index in [2.05, 4.69) is 41.1 Å². The molecule has 0 amide bonds. The summed E-state index contributed by atoms with van der Waals surface area (Å²) in [7, 11) is 1.72. The monoisotopic (exact) mass is 270 g/mol. The van der Waals surface area contributed by atoms with E-state index in [-0.39, 0.29) is 0 Å². The first kappa shape index (κ1) is 9.99. The lowest BCUT2D eigenvalue weighted by Crippen LogP contribution is -1.86. The van der Waals surface area contributed by atoms with Crippen molar-refractivity contribution >= 4 is 37.4 Å². The van der Waals surface area contributed by atoms with Gasteiger partial charge < -0.3 is 4.74 Å². The van der Waals surface area contributed by atoms with Gasteiger partial charge in [-0.05, 0) is 46.1 Å². The van der Waals surface area contributed by atoms with Crippen molar-refractivity contribution in [2.45, 2.75) is 13.3 Å². The summed E-state index contributed by atoms with van der Waals surface area (Å²) in [6.07, 6.45) is 1.04. The van der Waals surface area contributed by atoms with Crippen molar-refractivity contribution in [2.75, 3.05) is 7.11 Å². The molecule has 1 nitrogen and oxygen atoms in total. The SMILES string of the molecule is CCc1cc(OC)c2cc(Br)sc2c1. The van der Waals surface area contributed by atoms with Crippen molar-refractivity contribution in [3.63, 3.8) is 0 Å². The average Bonchev–Trinajstić information content (AvgIpc) is 2.56. The first-order chi connectivity index (χ1) is 6.74. The predicted molar refractivity (Wildman–Crippen MR) is 65.5 cm³/mol. The van der Waals surface area contributed by atoms with E-state index in [0.717, 1.165) is 16.0 Å². The van der Waals surface area contributed by atoms with Crippen LogP contribution in [0.1, 0.15) is 12.5 Å². The second-order valence-electron chi connectivity index (χ2n) is 3.11. The maximum Gasteiger partial charge on any atom is 0.127 e. The maximum absolute atomic E-state index is 5.37. The lowest BCUT2D eigenvalue weighted by Gasteiger charge is -2.04. The van der Waals surface area contributed by atoms with E-state index in [1.54, 1.807) is 18.4 Å². The van der Waals surface area contributed by atoms with E-state index in [4.69, 9.17) is 4.74 Å². The summed E-state index contributed by atoms with van der Waals surface area (Å²) in [5.74, 6) is 0.973. The van der Waals surface area contributed by atoms with Crippen LogP contribution in [0.2, 0.25) is 0 Å². The second kappa shape index (κ2) is 3.91. The van der Waals surface area contributed by atoms with Gasteiger partial charge >= 0.3 is 0 Å². The number of methoxy groups -OCH3 is 1. The molecule has 0 atom stereocenters. The zero-order valence-corrected chi connectivity index (χ0v) is 10.5. The standard InChI is InChI=1S/C11H11BrOS/c1-3-7-4-9(13-2)8-6-11(12)14-10(8)5-7/h4-6H,3H2,1-2H3. The minimum Gasteiger partial charge on any atom is -0.496 e. The van der Waals surface area contributed by atoms with Crippen LogP contribution in [-0.2, 0) is 6.42 Å². The van der Waals surface area contributed by atoms with Gasteiger partial charge in [-0.2, -0.15) is 0 Å². The molecule has 0 saturated heterocycles. The molecule has 0 spiro atoms. The molecule has 3 heteroatoms. The van der Waals surface area contributed by atoms with Crippen LogP contribution in [0.3, 0.4) is 0 Å². The van der Waals surface area contributed by atoms with Crippen molar-refractivity contribution in [3.05, 3.63) is 27.5 Å². The van der Waals surface area contributed by atoms with Crippen LogP contribution in [0.15, 0.2) is 22.0 Å². The summed E-state index contributed by atoms with van der Waals surface area (Å²) < 4.78 is 7.81. The molecule has 1 aromatic heterocycles. The van der Waals surface area contributed by atoms with Crippen molar-refractivity contribution < 1.29 is 4.74 Å². The van der Waals surface area contributed by atoms with E-state index in [1.807, 2.05) is 0 Å². The fourth-order valence-electron chi connectivity index (χ4n) is 1.50. The summed E-state index contributed by atoms with van der Waals surface area (Å²) in [5, 5.41) is 1.20. The van der Waals surface area contributed by atoms with Crippen LogP contribution < -0.4 is 4.74 Å². The number of rotatable bonds is 2. The smallest absolute Gasteiger partial charge is 0.127 e. The topological polar surface area (TPSA) is 9.23 Å². The normalized spacial score (nSPS) is 10.8. The Balaban J connectivity index is 2.72. The maximum atomic E-state index is 5.37. The molecule has 1 aromatic carbocycles. The first-order valence-corrected chi connectivity index (χ1v) is 6.11. The van der Waals surface area contributed by atoms with Gasteiger partial charge in [-0.1, -0.05) is 6.92 Å². The summed E-state index contributed by atoms with van der Waals surface area (Å²) >= 11 is 5.25. The van der Waals surface area contributed by atoms with Crippen LogP contribution in [0.5, 0.6) is 5.75 Å². The number of thiophene rings is 1. The molecule has 0 radical (unpaired) electrons. The molecule has 0 aliphatic rings. The third kappa shape index (κ3) is 1.66. The molecule has 0 N–H and O–H groups in total. The van der Waals surface area contributed by atoms with E-state index >= 15 is 0 Å². The number of aryl methyl sites for hydroxylation is 1. The average molecular weight is 271 g/mol. The number of hydrogen-bond acceptors (Lipinski definition) is 2. The molecule has 0 unspecified atom stereocenters. The van der Waals surface area contributed by atoms with E-state index < -0.39 is 0 Å². The Morgan fingerprint density at radius 1 is 1.36 bits per heavy atom. The molecule has 0 aliphatic heterocycles. The molecular formula is C11H11BrOS. The highest BCUT2D eigenvalue weighted by molar-refractivity contribution is 9.11. The Morgan fingerprint density at radius 3 is 2.79 bits per heavy atom. The van der Waals surface area contributed by atoms with Gasteiger partial charge in [-0.3, -0.25) is 0 Å². The number of hydrogen-bond donors (Lipinski definition) is 0. The Labute approximate surface area is 95.8 Å². The van der Waals surface area contributed by atoms with Gasteiger partial charge in [0.25, 0.3) is 0 Å². The highest BCUT2D eigenvalue weighted by Crippen LogP contribution is 2.36. The number of benzene rings is 1. The predicted octanol–water partition coefficient (Wildman–Crippen LogP) is 4.23. The summed E-state index contributed by atoms with van der Waals surface area (Å²) in [6, 6.07) is 6.45. The largest absolute Gasteiger partial charge is 0.496 e. The molecule has 0 saturated carbocycles. The van der Waals surface area contributed by atoms with Gasteiger partial charge in [0.05, 0.1) is 10.9 Å². The molecule has 1 heterocycles. The van der Waals surface area contributed by atoms with Gasteiger partial charge in [-0.25, -0.2) is 0 Å². The zero-order valence-electron chi connectivity index (χ0n) is 8.13. The van der Waals surface area contributed by atoms with E-state index in [1.165, 1.54) is 15.6 Å². The van der Waals surface area contributed by atoms with Crippen LogP contribution in [-0.4, -0.2) is 7.11 Å². The van der Waals surface area contributed by atoms with Crippen LogP contribution >= 0.6 is 27.3 Å². The molecule has 74 valence electrons. The highest BCUT2D eigenvalue weighted by Gasteiger charge is 2.06. The zero-order chi connectivity index (χ0) is 10.1. The minimum absolute atomic E-state index is 0.973. The number of fused-ring (bicyclic) bond motifs is 1. The van der Waals surface area contributed by atoms with Gasteiger partial charge in [0, 0.05) is 10.1 Å². The van der Waals surface area contributed by atoms with E-state index in [0.29, 0.717) is 0 Å². The molecule has 2 aromatic rings. The molecular weight excluding hydrogens is 260 g/mol. The van der Waals surface area contributed by atoms with Gasteiger partial charge in [0.2, 0.25) is 0 Å². The third-order valence-electron chi connectivity index (χ3n) is 2.26. The lowest BCUT2D eigenvalue weighted by atomic mass is 10.1. The van der Waals surface area contributed by atoms with Crippen molar-refractivity contribution in [1.82, 2.24) is 0 Å². The van der Waals surface area contributed by atoms with E-state index in [9.17, 15) is 0 Å². The Morgan fingerprint density at radius 2 is 2.14 bits per heavy atom. The van der Waals surface area contributed by atoms with Gasteiger partial charge in [0.1, 0.15) is 5.75 Å². The molecule has 0 bridgehead atoms. The molecule has 0 fully saturated rings. The minimum atomic E-state index is 0.973. The van der Waals surface area contributed by atoms with Crippen LogP contribution in [0, 0.1) is 0 Å². The summed E-state index contributed by atoms with van der Waals surface area (Å²) in [5.41, 5.74) is 1.32. The molecule has 14 heavy (non-hydrogen) atoms. The van der Waals surface area contributed by atoms with Crippen LogP contribution in [0.4, 0.5) is 0 Å². The number of halogens is 1. The van der Waals surface area contributed by atoms with Crippen molar-refractivity contribution in [2.24, 2.45) is 0 Å². The number of ether oxygens (including phenoxy) is 1. The summed E-state index contributed by atoms with van der Waals surface area (Å²) in [4.78, 5) is 0. The fourth-order valence-corrected chi connectivity index (χ4v) is 3.12. The second-order valence-corrected chi connectivity index (χ2v) is 5.58. The quantitative estimate of drug-likeness (QED) is 0.794. The highest BCUT2D eigenvalue weighted by atomic mass is 79.9. The first-order valence-electron chi connectivity index (χ1n) is 4.50. The lowest BCUT2D eigenvalue weighted by molar-refractivity contribution is 0.419. The molecule has 2 rings (SSSR count). The Hall–Kier alpha value is -0.540. The van der Waals surface area contributed by atoms with Gasteiger partial charge in [0.15, 0.2) is 0 Å². The van der Waals surface area contributed by atoms with Crippen molar-refractivity contribution in [1.29, 1.82) is 0 Å².